The number of carboxylic acids is 2. The molecule has 0 spiro atoms. The summed E-state index contributed by atoms with van der Waals surface area (Å²) < 4.78 is 0. The molecule has 0 saturated heterocycles. The Bertz CT molecular complexity index is 168. The predicted molar refractivity (Wildman–Crippen MR) is 37.4 cm³/mol. The lowest BCUT2D eigenvalue weighted by Gasteiger charge is -2.17. The van der Waals surface area contributed by atoms with Crippen molar-refractivity contribution in [2.24, 2.45) is 0 Å². The van der Waals surface area contributed by atoms with Gasteiger partial charge in [-0.15, -0.1) is 0 Å². The highest BCUT2D eigenvalue weighted by Gasteiger charge is 2.18. The molecule has 0 aromatic heterocycles. The van der Waals surface area contributed by atoms with Crippen molar-refractivity contribution < 1.29 is 19.8 Å². The molecule has 0 aliphatic rings. The molecule has 5 nitrogen and oxygen atoms in total. The number of likely N-dealkylation sites (N-methyl/N-ethyl adjacent to an activating group) is 1. The van der Waals surface area contributed by atoms with Crippen LogP contribution in [0.1, 0.15) is 6.92 Å². The molecule has 64 valence electrons. The molecule has 0 amide bonds. The van der Waals surface area contributed by atoms with Crippen LogP contribution in [0.2, 0.25) is 0 Å². The molecule has 0 heterocycles. The number of aliphatic carboxylic acids is 2. The lowest BCUT2D eigenvalue weighted by Crippen LogP contribution is -2.38. The monoisotopic (exact) mass is 161 g/mol. The van der Waals surface area contributed by atoms with Crippen LogP contribution in [0.3, 0.4) is 0 Å². The summed E-state index contributed by atoms with van der Waals surface area (Å²) in [4.78, 5) is 21.6. The maximum Gasteiger partial charge on any atom is 0.320 e. The molecule has 2 N–H and O–H groups in total. The summed E-state index contributed by atoms with van der Waals surface area (Å²) in [6, 6.07) is -0.758. The van der Waals surface area contributed by atoms with E-state index in [0.29, 0.717) is 0 Å². The first-order valence-electron chi connectivity index (χ1n) is 3.10. The maximum atomic E-state index is 10.3. The SMILES string of the molecule is C[C@@H](C(=O)O)N(C)CC(=O)O. The number of rotatable bonds is 4. The Morgan fingerprint density at radius 3 is 2.18 bits per heavy atom. The van der Waals surface area contributed by atoms with Crippen molar-refractivity contribution in [3.05, 3.63) is 0 Å². The van der Waals surface area contributed by atoms with Crippen LogP contribution in [0.5, 0.6) is 0 Å². The van der Waals surface area contributed by atoms with E-state index in [1.807, 2.05) is 0 Å². The largest absolute Gasteiger partial charge is 0.480 e. The highest BCUT2D eigenvalue weighted by Crippen LogP contribution is 1.93. The zero-order valence-corrected chi connectivity index (χ0v) is 6.44. The van der Waals surface area contributed by atoms with Crippen LogP contribution in [0.4, 0.5) is 0 Å². The minimum absolute atomic E-state index is 0.256. The Morgan fingerprint density at radius 2 is 1.91 bits per heavy atom. The van der Waals surface area contributed by atoms with Crippen molar-refractivity contribution >= 4 is 11.9 Å². The topological polar surface area (TPSA) is 77.8 Å². The Labute approximate surface area is 64.2 Å². The van der Waals surface area contributed by atoms with E-state index in [-0.39, 0.29) is 6.54 Å². The van der Waals surface area contributed by atoms with Gasteiger partial charge in [-0.05, 0) is 14.0 Å². The molecular formula is C6H11NO4. The first kappa shape index (κ1) is 9.90. The van der Waals surface area contributed by atoms with E-state index in [2.05, 4.69) is 0 Å². The Balaban J connectivity index is 3.92. The summed E-state index contributed by atoms with van der Waals surface area (Å²) in [7, 11) is 1.45. The maximum absolute atomic E-state index is 10.3. The molecule has 0 fully saturated rings. The van der Waals surface area contributed by atoms with Crippen molar-refractivity contribution in [1.82, 2.24) is 4.90 Å². The third-order valence-corrected chi connectivity index (χ3v) is 1.40. The fourth-order valence-electron chi connectivity index (χ4n) is 0.539. The molecule has 0 bridgehead atoms. The summed E-state index contributed by atoms with van der Waals surface area (Å²) >= 11 is 0. The zero-order valence-electron chi connectivity index (χ0n) is 6.44. The van der Waals surface area contributed by atoms with Gasteiger partial charge in [-0.2, -0.15) is 0 Å². The summed E-state index contributed by atoms with van der Waals surface area (Å²) in [5, 5.41) is 16.7. The first-order chi connectivity index (χ1) is 4.95. The van der Waals surface area contributed by atoms with E-state index in [4.69, 9.17) is 10.2 Å². The van der Waals surface area contributed by atoms with Gasteiger partial charge in [-0.25, -0.2) is 0 Å². The van der Waals surface area contributed by atoms with Gasteiger partial charge in [0.1, 0.15) is 6.04 Å². The molecule has 0 aromatic rings. The van der Waals surface area contributed by atoms with Crippen LogP contribution in [0.15, 0.2) is 0 Å². The third kappa shape index (κ3) is 3.57. The van der Waals surface area contributed by atoms with E-state index < -0.39 is 18.0 Å². The Hall–Kier alpha value is -1.10. The van der Waals surface area contributed by atoms with Gasteiger partial charge >= 0.3 is 11.9 Å². The van der Waals surface area contributed by atoms with Crippen LogP contribution in [0, 0.1) is 0 Å². The molecule has 11 heavy (non-hydrogen) atoms. The van der Waals surface area contributed by atoms with Gasteiger partial charge < -0.3 is 10.2 Å². The molecule has 5 heteroatoms. The standard InChI is InChI=1S/C6H11NO4/c1-4(6(10)11)7(2)3-5(8)9/h4H,3H2,1-2H3,(H,8,9)(H,10,11)/t4-/m0/s1. The van der Waals surface area contributed by atoms with Crippen LogP contribution in [-0.4, -0.2) is 46.7 Å². The molecule has 0 aliphatic heterocycles. The Kier molecular flexibility index (Phi) is 3.53. The van der Waals surface area contributed by atoms with Crippen molar-refractivity contribution in [2.75, 3.05) is 13.6 Å². The molecule has 0 rings (SSSR count). The normalized spacial score (nSPS) is 13.0. The second-order valence-electron chi connectivity index (χ2n) is 2.32. The zero-order chi connectivity index (χ0) is 9.02. The minimum Gasteiger partial charge on any atom is -0.480 e. The summed E-state index contributed by atoms with van der Waals surface area (Å²) in [6.07, 6.45) is 0. The van der Waals surface area contributed by atoms with Crippen LogP contribution in [-0.2, 0) is 9.59 Å². The lowest BCUT2D eigenvalue weighted by molar-refractivity contribution is -0.144. The second kappa shape index (κ2) is 3.92. The molecule has 0 saturated carbocycles. The lowest BCUT2D eigenvalue weighted by atomic mass is 10.3. The number of hydrogen-bond donors (Lipinski definition) is 2. The highest BCUT2D eigenvalue weighted by atomic mass is 16.4. The number of carbonyl (C=O) groups is 2. The van der Waals surface area contributed by atoms with E-state index in [1.54, 1.807) is 0 Å². The van der Waals surface area contributed by atoms with Crippen molar-refractivity contribution in [3.63, 3.8) is 0 Å². The fourth-order valence-corrected chi connectivity index (χ4v) is 0.539. The summed E-state index contributed by atoms with van der Waals surface area (Å²) in [6.45, 7) is 1.18. The molecule has 0 unspecified atom stereocenters. The quantitative estimate of drug-likeness (QED) is 0.579. The summed E-state index contributed by atoms with van der Waals surface area (Å²) in [5.41, 5.74) is 0. The van der Waals surface area contributed by atoms with Crippen molar-refractivity contribution in [1.29, 1.82) is 0 Å². The smallest absolute Gasteiger partial charge is 0.320 e. The first-order valence-corrected chi connectivity index (χ1v) is 3.10. The molecule has 0 radical (unpaired) electrons. The minimum atomic E-state index is -1.03. The van der Waals surface area contributed by atoms with Gasteiger partial charge in [0.2, 0.25) is 0 Å². The van der Waals surface area contributed by atoms with E-state index in [1.165, 1.54) is 18.9 Å². The molecule has 0 aromatic carbocycles. The summed E-state index contributed by atoms with van der Waals surface area (Å²) in [5.74, 6) is -2.05. The fraction of sp³-hybridized carbons (Fsp3) is 0.667. The van der Waals surface area contributed by atoms with Gasteiger partial charge in [0.15, 0.2) is 0 Å². The average molecular weight is 161 g/mol. The van der Waals surface area contributed by atoms with Gasteiger partial charge in [0, 0.05) is 0 Å². The van der Waals surface area contributed by atoms with E-state index in [9.17, 15) is 9.59 Å². The van der Waals surface area contributed by atoms with Gasteiger partial charge in [0.25, 0.3) is 0 Å². The van der Waals surface area contributed by atoms with Gasteiger partial charge in [-0.1, -0.05) is 0 Å². The molecular weight excluding hydrogens is 150 g/mol. The highest BCUT2D eigenvalue weighted by molar-refractivity contribution is 5.75. The van der Waals surface area contributed by atoms with Gasteiger partial charge in [0.05, 0.1) is 6.54 Å². The number of nitrogens with zero attached hydrogens (tertiary/aromatic N) is 1. The predicted octanol–water partition coefficient (Wildman–Crippen LogP) is -0.524. The average Bonchev–Trinajstić information content (AvgIpc) is 1.84. The van der Waals surface area contributed by atoms with Crippen LogP contribution >= 0.6 is 0 Å². The van der Waals surface area contributed by atoms with E-state index >= 15 is 0 Å². The number of hydrogen-bond acceptors (Lipinski definition) is 3. The number of carboxylic acid groups (broad SMARTS) is 2. The second-order valence-corrected chi connectivity index (χ2v) is 2.32. The molecule has 0 aliphatic carbocycles. The van der Waals surface area contributed by atoms with Crippen molar-refractivity contribution in [2.45, 2.75) is 13.0 Å². The Morgan fingerprint density at radius 1 is 1.45 bits per heavy atom. The van der Waals surface area contributed by atoms with Crippen molar-refractivity contribution in [3.8, 4) is 0 Å². The van der Waals surface area contributed by atoms with E-state index in [0.717, 1.165) is 0 Å². The van der Waals surface area contributed by atoms with Crippen LogP contribution < -0.4 is 0 Å². The third-order valence-electron chi connectivity index (χ3n) is 1.40. The molecule has 1 atom stereocenters. The van der Waals surface area contributed by atoms with Gasteiger partial charge in [-0.3, -0.25) is 14.5 Å². The van der Waals surface area contributed by atoms with Crippen LogP contribution in [0.25, 0.3) is 0 Å².